The van der Waals surface area contributed by atoms with Gasteiger partial charge in [-0.3, -0.25) is 4.72 Å². The minimum absolute atomic E-state index is 0.0621. The standard InChI is InChI=1S/C17H16N2O4S/c1-12-17(13(2)23-18-12)24(20,21)19-14-8-10-16(11-9-14)22-15-6-4-3-5-7-15/h3-11,19H,1-2H3. The van der Waals surface area contributed by atoms with E-state index in [-0.39, 0.29) is 10.7 Å². The van der Waals surface area contributed by atoms with E-state index in [0.717, 1.165) is 0 Å². The lowest BCUT2D eigenvalue weighted by atomic mass is 10.3. The van der Waals surface area contributed by atoms with Gasteiger partial charge in [-0.15, -0.1) is 0 Å². The number of hydrogen-bond donors (Lipinski definition) is 1. The highest BCUT2D eigenvalue weighted by Crippen LogP contribution is 2.25. The first-order valence-electron chi connectivity index (χ1n) is 7.24. The summed E-state index contributed by atoms with van der Waals surface area (Å²) in [6.07, 6.45) is 0. The number of nitrogens with zero attached hydrogens (tertiary/aromatic N) is 1. The Morgan fingerprint density at radius 2 is 1.58 bits per heavy atom. The Morgan fingerprint density at radius 1 is 0.958 bits per heavy atom. The molecule has 1 heterocycles. The topological polar surface area (TPSA) is 81.4 Å². The van der Waals surface area contributed by atoms with Crippen LogP contribution < -0.4 is 9.46 Å². The van der Waals surface area contributed by atoms with E-state index < -0.39 is 10.0 Å². The molecule has 0 atom stereocenters. The molecule has 0 saturated carbocycles. The van der Waals surface area contributed by atoms with Crippen LogP contribution >= 0.6 is 0 Å². The van der Waals surface area contributed by atoms with Crippen molar-refractivity contribution in [1.29, 1.82) is 0 Å². The van der Waals surface area contributed by atoms with Crippen molar-refractivity contribution >= 4 is 15.7 Å². The van der Waals surface area contributed by atoms with E-state index in [2.05, 4.69) is 9.88 Å². The fourth-order valence-corrected chi connectivity index (χ4v) is 3.67. The Morgan fingerprint density at radius 3 is 2.17 bits per heavy atom. The number of anilines is 1. The first-order valence-corrected chi connectivity index (χ1v) is 8.73. The third-order valence-electron chi connectivity index (χ3n) is 3.32. The number of benzene rings is 2. The molecular formula is C17H16N2O4S. The van der Waals surface area contributed by atoms with E-state index in [0.29, 0.717) is 22.9 Å². The largest absolute Gasteiger partial charge is 0.457 e. The molecule has 0 aliphatic rings. The van der Waals surface area contributed by atoms with E-state index in [1.807, 2.05) is 30.3 Å². The highest BCUT2D eigenvalue weighted by molar-refractivity contribution is 7.92. The van der Waals surface area contributed by atoms with Gasteiger partial charge < -0.3 is 9.26 Å². The number of nitrogens with one attached hydrogen (secondary N) is 1. The second kappa shape index (κ2) is 6.37. The molecular weight excluding hydrogens is 328 g/mol. The second-order valence-corrected chi connectivity index (χ2v) is 6.82. The zero-order valence-electron chi connectivity index (χ0n) is 13.2. The van der Waals surface area contributed by atoms with Crippen molar-refractivity contribution in [3.63, 3.8) is 0 Å². The molecule has 0 saturated heterocycles. The number of aromatic nitrogens is 1. The summed E-state index contributed by atoms with van der Waals surface area (Å²) in [5.74, 6) is 1.58. The predicted octanol–water partition coefficient (Wildman–Crippen LogP) is 3.88. The molecule has 1 N–H and O–H groups in total. The van der Waals surface area contributed by atoms with Gasteiger partial charge in [0.05, 0.1) is 0 Å². The predicted molar refractivity (Wildman–Crippen MR) is 89.7 cm³/mol. The summed E-state index contributed by atoms with van der Waals surface area (Å²) in [5.41, 5.74) is 0.749. The van der Waals surface area contributed by atoms with E-state index >= 15 is 0 Å². The first kappa shape index (κ1) is 16.1. The molecule has 0 aliphatic heterocycles. The van der Waals surface area contributed by atoms with Crippen molar-refractivity contribution in [2.75, 3.05) is 4.72 Å². The third kappa shape index (κ3) is 3.41. The van der Waals surface area contributed by atoms with Gasteiger partial charge in [-0.2, -0.15) is 0 Å². The van der Waals surface area contributed by atoms with Crippen LogP contribution in [0.1, 0.15) is 11.5 Å². The van der Waals surface area contributed by atoms with Crippen LogP contribution in [0.2, 0.25) is 0 Å². The molecule has 0 radical (unpaired) electrons. The highest BCUT2D eigenvalue weighted by Gasteiger charge is 2.24. The van der Waals surface area contributed by atoms with E-state index in [1.54, 1.807) is 38.1 Å². The normalized spacial score (nSPS) is 11.2. The van der Waals surface area contributed by atoms with Crippen LogP contribution in [0.4, 0.5) is 5.69 Å². The second-order valence-electron chi connectivity index (χ2n) is 5.20. The molecule has 2 aromatic carbocycles. The highest BCUT2D eigenvalue weighted by atomic mass is 32.2. The average Bonchev–Trinajstić information content (AvgIpc) is 2.90. The summed E-state index contributed by atoms with van der Waals surface area (Å²) in [6, 6.07) is 16.0. The number of ether oxygens (including phenoxy) is 1. The maximum atomic E-state index is 12.4. The maximum Gasteiger partial charge on any atom is 0.267 e. The van der Waals surface area contributed by atoms with Crippen molar-refractivity contribution in [1.82, 2.24) is 5.16 Å². The van der Waals surface area contributed by atoms with Crippen LogP contribution in [-0.4, -0.2) is 13.6 Å². The Kier molecular flexibility index (Phi) is 4.26. The Bertz CT molecular complexity index is 913. The maximum absolute atomic E-state index is 12.4. The minimum atomic E-state index is -3.75. The summed E-state index contributed by atoms with van der Waals surface area (Å²) in [5, 5.41) is 3.67. The molecule has 0 fully saturated rings. The van der Waals surface area contributed by atoms with Crippen LogP contribution in [0.5, 0.6) is 11.5 Å². The van der Waals surface area contributed by atoms with Crippen LogP contribution in [0.15, 0.2) is 64.0 Å². The van der Waals surface area contributed by atoms with Crippen LogP contribution in [0, 0.1) is 13.8 Å². The molecule has 3 rings (SSSR count). The fraction of sp³-hybridized carbons (Fsp3) is 0.118. The molecule has 0 bridgehead atoms. The van der Waals surface area contributed by atoms with Gasteiger partial charge >= 0.3 is 0 Å². The SMILES string of the molecule is Cc1noc(C)c1S(=O)(=O)Nc1ccc(Oc2ccccc2)cc1. The molecule has 124 valence electrons. The fourth-order valence-electron chi connectivity index (χ4n) is 2.28. The van der Waals surface area contributed by atoms with Gasteiger partial charge in [0.15, 0.2) is 10.7 Å². The molecule has 0 spiro atoms. The van der Waals surface area contributed by atoms with Crippen molar-refractivity contribution in [3.8, 4) is 11.5 Å². The van der Waals surface area contributed by atoms with Gasteiger partial charge in [-0.1, -0.05) is 23.4 Å². The van der Waals surface area contributed by atoms with Crippen LogP contribution in [0.25, 0.3) is 0 Å². The lowest BCUT2D eigenvalue weighted by Gasteiger charge is -2.09. The van der Waals surface area contributed by atoms with Gasteiger partial charge in [-0.05, 0) is 50.2 Å². The lowest BCUT2D eigenvalue weighted by molar-refractivity contribution is 0.390. The zero-order valence-corrected chi connectivity index (χ0v) is 14.0. The molecule has 1 aromatic heterocycles. The van der Waals surface area contributed by atoms with Gasteiger partial charge in [0, 0.05) is 5.69 Å². The van der Waals surface area contributed by atoms with Crippen molar-refractivity contribution in [3.05, 3.63) is 66.1 Å². The molecule has 6 nitrogen and oxygen atoms in total. The van der Waals surface area contributed by atoms with Crippen molar-refractivity contribution in [2.45, 2.75) is 18.7 Å². The number of para-hydroxylation sites is 1. The third-order valence-corrected chi connectivity index (χ3v) is 4.95. The molecule has 0 amide bonds. The van der Waals surface area contributed by atoms with Crippen molar-refractivity contribution < 1.29 is 17.7 Å². The summed E-state index contributed by atoms with van der Waals surface area (Å²) < 4.78 is 38.0. The summed E-state index contributed by atoms with van der Waals surface area (Å²) in [6.45, 7) is 3.15. The van der Waals surface area contributed by atoms with Crippen molar-refractivity contribution in [2.24, 2.45) is 0 Å². The summed E-state index contributed by atoms with van der Waals surface area (Å²) in [7, 11) is -3.75. The first-order chi connectivity index (χ1) is 11.5. The minimum Gasteiger partial charge on any atom is -0.457 e. The molecule has 0 aliphatic carbocycles. The van der Waals surface area contributed by atoms with Gasteiger partial charge in [0.1, 0.15) is 17.2 Å². The number of rotatable bonds is 5. The average molecular weight is 344 g/mol. The Balaban J connectivity index is 1.77. The summed E-state index contributed by atoms with van der Waals surface area (Å²) >= 11 is 0. The monoisotopic (exact) mass is 344 g/mol. The molecule has 3 aromatic rings. The molecule has 7 heteroatoms. The lowest BCUT2D eigenvalue weighted by Crippen LogP contribution is -2.14. The van der Waals surface area contributed by atoms with E-state index in [1.165, 1.54) is 0 Å². The van der Waals surface area contributed by atoms with Gasteiger partial charge in [0.2, 0.25) is 0 Å². The van der Waals surface area contributed by atoms with Gasteiger partial charge in [0.25, 0.3) is 10.0 Å². The number of aryl methyl sites for hydroxylation is 2. The Hall–Kier alpha value is -2.80. The Labute approximate surface area is 140 Å². The summed E-state index contributed by atoms with van der Waals surface area (Å²) in [4.78, 5) is 0.0621. The van der Waals surface area contributed by atoms with Crippen LogP contribution in [-0.2, 0) is 10.0 Å². The zero-order chi connectivity index (χ0) is 17.2. The van der Waals surface area contributed by atoms with Gasteiger partial charge in [-0.25, -0.2) is 8.42 Å². The quantitative estimate of drug-likeness (QED) is 0.759. The molecule has 0 unspecified atom stereocenters. The van der Waals surface area contributed by atoms with Crippen LogP contribution in [0.3, 0.4) is 0 Å². The van der Waals surface area contributed by atoms with E-state index in [9.17, 15) is 8.42 Å². The smallest absolute Gasteiger partial charge is 0.267 e. The molecule has 24 heavy (non-hydrogen) atoms. The number of sulfonamides is 1. The van der Waals surface area contributed by atoms with E-state index in [4.69, 9.17) is 9.26 Å². The number of hydrogen-bond acceptors (Lipinski definition) is 5.